The average molecular weight is 190 g/mol. The molecule has 0 aromatic carbocycles. The number of nitrogens with one attached hydrogen (secondary N) is 2. The van der Waals surface area contributed by atoms with Gasteiger partial charge in [0.05, 0.1) is 0 Å². The molecule has 2 N–H and O–H groups in total. The molecule has 0 aliphatic heterocycles. The molecule has 0 heterocycles. The summed E-state index contributed by atoms with van der Waals surface area (Å²) in [5.74, 6) is 0.672. The van der Waals surface area contributed by atoms with Crippen LogP contribution in [-0.2, 0) is 32.7 Å². The number of rotatable bonds is 3. The van der Waals surface area contributed by atoms with E-state index in [1.165, 1.54) is 0 Å². The summed E-state index contributed by atoms with van der Waals surface area (Å²) in [6, 6.07) is 0. The topological polar surface area (TPSA) is 35.8 Å². The van der Waals surface area contributed by atoms with Crippen LogP contribution in [0.15, 0.2) is 0 Å². The first kappa shape index (κ1) is 11.8. The molecule has 0 aliphatic carbocycles. The van der Waals surface area contributed by atoms with Crippen LogP contribution in [-0.4, -0.2) is 13.2 Å². The summed E-state index contributed by atoms with van der Waals surface area (Å²) in [5.41, 5.74) is 6.68. The van der Waals surface area contributed by atoms with Gasteiger partial charge in [-0.05, 0) is 12.5 Å². The molecule has 0 saturated carbocycles. The number of hydrogen-bond donors (Lipinski definition) is 1. The van der Waals surface area contributed by atoms with Gasteiger partial charge in [-0.1, -0.05) is 20.5 Å². The van der Waals surface area contributed by atoms with Gasteiger partial charge in [-0.25, -0.2) is 0 Å². The van der Waals surface area contributed by atoms with Crippen molar-refractivity contribution in [3.05, 3.63) is 5.73 Å². The Labute approximate surface area is 76.5 Å². The van der Waals surface area contributed by atoms with Gasteiger partial charge >= 0.3 is 0 Å². The predicted octanol–water partition coefficient (Wildman–Crippen LogP) is 1.24. The molecule has 0 atom stereocenters. The monoisotopic (exact) mass is 190 g/mol. The molecule has 0 unspecified atom stereocenters. The van der Waals surface area contributed by atoms with E-state index in [1.54, 1.807) is 0 Å². The molecule has 0 aromatic rings. The van der Waals surface area contributed by atoms with E-state index in [0.717, 1.165) is 6.54 Å². The van der Waals surface area contributed by atoms with E-state index in [4.69, 9.17) is 5.73 Å². The molecule has 0 rings (SSSR count). The second-order valence-corrected chi connectivity index (χ2v) is 2.02. The Kier molecular flexibility index (Phi) is 11.8. The zero-order valence-corrected chi connectivity index (χ0v) is 8.41. The summed E-state index contributed by atoms with van der Waals surface area (Å²) in [7, 11) is 0. The molecule has 1 radical (unpaired) electrons. The largest absolute Gasteiger partial charge is 0.665 e. The molecule has 0 amide bonds. The second-order valence-electron chi connectivity index (χ2n) is 2.02. The Morgan fingerprint density at radius 2 is 2.00 bits per heavy atom. The van der Waals surface area contributed by atoms with Crippen molar-refractivity contribution >= 4 is 0 Å². The van der Waals surface area contributed by atoms with Crippen molar-refractivity contribution in [3.8, 4) is 0 Å². The molecule has 0 fully saturated rings. The van der Waals surface area contributed by atoms with E-state index in [0.29, 0.717) is 12.6 Å². The van der Waals surface area contributed by atoms with Crippen molar-refractivity contribution in [1.29, 1.82) is 0 Å². The van der Waals surface area contributed by atoms with Crippen LogP contribution in [0, 0.1) is 5.92 Å². The van der Waals surface area contributed by atoms with Gasteiger partial charge in [0.1, 0.15) is 0 Å². The maximum Gasteiger partial charge on any atom is 0 e. The van der Waals surface area contributed by atoms with E-state index in [9.17, 15) is 0 Å². The molecular formula is C5H13N2Y-. The van der Waals surface area contributed by atoms with Crippen LogP contribution >= 0.6 is 0 Å². The second kappa shape index (κ2) is 8.02. The van der Waals surface area contributed by atoms with E-state index >= 15 is 0 Å². The van der Waals surface area contributed by atoms with Crippen molar-refractivity contribution < 1.29 is 32.7 Å². The Hall–Kier alpha value is 1.02. The van der Waals surface area contributed by atoms with Crippen molar-refractivity contribution in [1.82, 2.24) is 5.32 Å². The van der Waals surface area contributed by atoms with E-state index < -0.39 is 0 Å². The summed E-state index contributed by atoms with van der Waals surface area (Å²) >= 11 is 0. The van der Waals surface area contributed by atoms with Crippen molar-refractivity contribution in [3.63, 3.8) is 0 Å². The average Bonchev–Trinajstić information content (AvgIpc) is 1.61. The molecular weight excluding hydrogens is 177 g/mol. The zero-order chi connectivity index (χ0) is 5.70. The molecule has 0 spiro atoms. The zero-order valence-electron chi connectivity index (χ0n) is 5.57. The minimum absolute atomic E-state index is 0. The fourth-order valence-corrected chi connectivity index (χ4v) is 0.361. The summed E-state index contributed by atoms with van der Waals surface area (Å²) < 4.78 is 0. The van der Waals surface area contributed by atoms with Crippen LogP contribution in [0.5, 0.6) is 0 Å². The minimum Gasteiger partial charge on any atom is -0.665 e. The van der Waals surface area contributed by atoms with Gasteiger partial charge in [-0.3, -0.25) is 0 Å². The van der Waals surface area contributed by atoms with Crippen molar-refractivity contribution in [2.75, 3.05) is 13.2 Å². The summed E-state index contributed by atoms with van der Waals surface area (Å²) in [6.45, 7) is 5.56. The Morgan fingerprint density at radius 1 is 1.50 bits per heavy atom. The normalized spacial score (nSPS) is 9.00. The molecule has 0 saturated heterocycles. The summed E-state index contributed by atoms with van der Waals surface area (Å²) in [6.07, 6.45) is 0. The first-order valence-corrected chi connectivity index (χ1v) is 2.62. The fraction of sp³-hybridized carbons (Fsp3) is 1.00. The first-order valence-electron chi connectivity index (χ1n) is 2.62. The van der Waals surface area contributed by atoms with E-state index in [1.807, 2.05) is 0 Å². The Morgan fingerprint density at radius 3 is 2.12 bits per heavy atom. The molecule has 0 bridgehead atoms. The first-order chi connectivity index (χ1) is 3.27. The van der Waals surface area contributed by atoms with Gasteiger partial charge in [0.15, 0.2) is 0 Å². The van der Waals surface area contributed by atoms with Gasteiger partial charge in [0.25, 0.3) is 0 Å². The van der Waals surface area contributed by atoms with Crippen LogP contribution < -0.4 is 5.32 Å². The maximum absolute atomic E-state index is 6.68. The third-order valence-corrected chi connectivity index (χ3v) is 0.678. The van der Waals surface area contributed by atoms with E-state index in [-0.39, 0.29) is 32.7 Å². The van der Waals surface area contributed by atoms with Crippen LogP contribution in [0.1, 0.15) is 13.8 Å². The minimum atomic E-state index is 0. The number of hydrogen-bond acceptors (Lipinski definition) is 1. The summed E-state index contributed by atoms with van der Waals surface area (Å²) in [4.78, 5) is 0. The van der Waals surface area contributed by atoms with Crippen LogP contribution in [0.2, 0.25) is 0 Å². The van der Waals surface area contributed by atoms with Crippen LogP contribution in [0.25, 0.3) is 5.73 Å². The van der Waals surface area contributed by atoms with Gasteiger partial charge in [0, 0.05) is 32.7 Å². The Bertz CT molecular complexity index is 39.4. The van der Waals surface area contributed by atoms with Crippen LogP contribution in [0.4, 0.5) is 0 Å². The molecule has 8 heavy (non-hydrogen) atoms. The molecule has 0 aromatic heterocycles. The van der Waals surface area contributed by atoms with Gasteiger partial charge < -0.3 is 11.1 Å². The van der Waals surface area contributed by atoms with Crippen LogP contribution in [0.3, 0.4) is 0 Å². The smallest absolute Gasteiger partial charge is 0 e. The summed E-state index contributed by atoms with van der Waals surface area (Å²) in [5, 5.41) is 2.91. The standard InChI is InChI=1S/C5H13N2.Y/c1-5(2)3-7-4-6;/h5-7H,3-4H2,1-2H3;/q-1;. The van der Waals surface area contributed by atoms with Gasteiger partial charge in [-0.15, -0.1) is 0 Å². The van der Waals surface area contributed by atoms with Crippen molar-refractivity contribution in [2.45, 2.75) is 13.8 Å². The van der Waals surface area contributed by atoms with Crippen molar-refractivity contribution in [2.24, 2.45) is 5.92 Å². The molecule has 2 nitrogen and oxygen atoms in total. The molecule has 3 heteroatoms. The van der Waals surface area contributed by atoms with Gasteiger partial charge in [0.2, 0.25) is 0 Å². The SMILES string of the molecule is CC(C)CNC[NH-].[Y]. The third kappa shape index (κ3) is 10.1. The van der Waals surface area contributed by atoms with Gasteiger partial charge in [-0.2, -0.15) is 0 Å². The Balaban J connectivity index is 0. The maximum atomic E-state index is 6.68. The predicted molar refractivity (Wildman–Crippen MR) is 32.0 cm³/mol. The fourth-order valence-electron chi connectivity index (χ4n) is 0.361. The molecule has 47 valence electrons. The molecule has 0 aliphatic rings. The third-order valence-electron chi connectivity index (χ3n) is 0.678. The quantitative estimate of drug-likeness (QED) is 0.713. The van der Waals surface area contributed by atoms with E-state index in [2.05, 4.69) is 19.2 Å².